The van der Waals surface area contributed by atoms with E-state index in [0.29, 0.717) is 31.9 Å². The maximum atomic E-state index is 14.7. The van der Waals surface area contributed by atoms with Crippen LogP contribution in [0.1, 0.15) is 75.5 Å². The van der Waals surface area contributed by atoms with Crippen molar-refractivity contribution in [1.82, 2.24) is 13.6 Å². The number of aliphatic carboxylic acids is 1. The first-order valence-corrected chi connectivity index (χ1v) is 17.3. The van der Waals surface area contributed by atoms with E-state index in [4.69, 9.17) is 0 Å². The number of hydrogen-bond acceptors (Lipinski definition) is 6. The Morgan fingerprint density at radius 2 is 1.43 bits per heavy atom. The van der Waals surface area contributed by atoms with Gasteiger partial charge < -0.3 is 5.11 Å². The molecule has 0 amide bonds. The van der Waals surface area contributed by atoms with Gasteiger partial charge in [0.05, 0.1) is 11.3 Å². The van der Waals surface area contributed by atoms with Gasteiger partial charge >= 0.3 is 12.1 Å². The van der Waals surface area contributed by atoms with Crippen LogP contribution in [0.25, 0.3) is 0 Å². The quantitative estimate of drug-likeness (QED) is 0.492. The molecule has 5 rings (SSSR count). The van der Waals surface area contributed by atoms with E-state index in [2.05, 4.69) is 4.98 Å². The second-order valence-electron chi connectivity index (χ2n) is 11.6. The zero-order valence-electron chi connectivity index (χ0n) is 23.2. The van der Waals surface area contributed by atoms with Gasteiger partial charge in [0.2, 0.25) is 24.8 Å². The van der Waals surface area contributed by atoms with Gasteiger partial charge in [-0.3, -0.25) is 9.78 Å². The number of carboxylic acids is 1. The molecule has 9 nitrogen and oxygen atoms in total. The van der Waals surface area contributed by atoms with Crippen molar-refractivity contribution in [2.45, 2.75) is 79.9 Å². The van der Waals surface area contributed by atoms with Crippen LogP contribution in [0.4, 0.5) is 13.2 Å². The standard InChI is InChI=1S/C28H36F3N3O6S2/c29-28(30,31)21-11-12-24(32-20-21)26(41(37,38)33-16-5-1-2-6-17-33)14-9-10-22-23(26)13-15-27(22,25(35)36)42(39,40)34-18-7-3-4-8-19-34/h9-12,14,20,23H,1-8,13,15-19H2,(H,35,36). The van der Waals surface area contributed by atoms with Crippen molar-refractivity contribution in [3.05, 3.63) is 53.4 Å². The molecular weight excluding hydrogens is 595 g/mol. The lowest BCUT2D eigenvalue weighted by Crippen LogP contribution is -2.56. The van der Waals surface area contributed by atoms with Gasteiger partial charge in [0.25, 0.3) is 0 Å². The van der Waals surface area contributed by atoms with Crippen molar-refractivity contribution in [2.24, 2.45) is 5.92 Å². The molecule has 2 aliphatic carbocycles. The molecule has 3 fully saturated rings. The highest BCUT2D eigenvalue weighted by Crippen LogP contribution is 2.58. The molecule has 3 unspecified atom stereocenters. The molecule has 232 valence electrons. The van der Waals surface area contributed by atoms with Gasteiger partial charge in [0.15, 0.2) is 4.75 Å². The van der Waals surface area contributed by atoms with Gasteiger partial charge in [-0.15, -0.1) is 0 Å². The van der Waals surface area contributed by atoms with Crippen LogP contribution in [0.5, 0.6) is 0 Å². The average Bonchev–Trinajstić information content (AvgIpc) is 3.13. The van der Waals surface area contributed by atoms with Crippen LogP contribution < -0.4 is 0 Å². The number of carbonyl (C=O) groups is 1. The van der Waals surface area contributed by atoms with Gasteiger partial charge in [0, 0.05) is 38.3 Å². The number of alkyl halides is 3. The molecule has 0 aromatic carbocycles. The lowest BCUT2D eigenvalue weighted by atomic mass is 9.79. The lowest BCUT2D eigenvalue weighted by molar-refractivity contribution is -0.139. The van der Waals surface area contributed by atoms with E-state index in [1.165, 1.54) is 26.8 Å². The summed E-state index contributed by atoms with van der Waals surface area (Å²) >= 11 is 0. The third-order valence-corrected chi connectivity index (χ3v) is 14.3. The zero-order chi connectivity index (χ0) is 30.4. The molecule has 3 atom stereocenters. The fraction of sp³-hybridized carbons (Fsp3) is 0.643. The van der Waals surface area contributed by atoms with Crippen molar-refractivity contribution in [1.29, 1.82) is 0 Å². The van der Waals surface area contributed by atoms with Crippen molar-refractivity contribution in [3.8, 4) is 0 Å². The number of allylic oxidation sites excluding steroid dienone is 2. The van der Waals surface area contributed by atoms with Crippen molar-refractivity contribution >= 4 is 26.0 Å². The third kappa shape index (κ3) is 4.82. The minimum Gasteiger partial charge on any atom is -0.480 e. The van der Waals surface area contributed by atoms with Crippen molar-refractivity contribution < 1.29 is 39.9 Å². The Balaban J connectivity index is 1.69. The predicted molar refractivity (Wildman–Crippen MR) is 149 cm³/mol. The second kappa shape index (κ2) is 11.3. The molecule has 3 heterocycles. The van der Waals surface area contributed by atoms with E-state index < -0.39 is 53.2 Å². The van der Waals surface area contributed by atoms with E-state index in [0.717, 1.165) is 37.8 Å². The number of hydrogen-bond donors (Lipinski definition) is 1. The van der Waals surface area contributed by atoms with Gasteiger partial charge in [-0.1, -0.05) is 43.9 Å². The Hall–Kier alpha value is -2.29. The molecule has 1 N–H and O–H groups in total. The molecule has 1 aromatic rings. The largest absolute Gasteiger partial charge is 0.480 e. The van der Waals surface area contributed by atoms with Crippen LogP contribution in [0, 0.1) is 5.92 Å². The molecule has 2 aliphatic heterocycles. The summed E-state index contributed by atoms with van der Waals surface area (Å²) in [5.41, 5.74) is -1.32. The predicted octanol–water partition coefficient (Wildman–Crippen LogP) is 4.44. The average molecular weight is 632 g/mol. The molecule has 0 radical (unpaired) electrons. The Bertz CT molecular complexity index is 1460. The van der Waals surface area contributed by atoms with Gasteiger partial charge in [-0.05, 0) is 56.2 Å². The van der Waals surface area contributed by atoms with Gasteiger partial charge in [-0.2, -0.15) is 13.2 Å². The number of rotatable bonds is 6. The molecule has 2 saturated heterocycles. The highest BCUT2D eigenvalue weighted by molar-refractivity contribution is 7.91. The molecule has 14 heteroatoms. The number of halogens is 3. The summed E-state index contributed by atoms with van der Waals surface area (Å²) in [5.74, 6) is -2.75. The van der Waals surface area contributed by atoms with E-state index in [1.54, 1.807) is 0 Å². The molecule has 4 aliphatic rings. The van der Waals surface area contributed by atoms with Crippen LogP contribution in [0.15, 0.2) is 42.1 Å². The highest BCUT2D eigenvalue weighted by atomic mass is 32.2. The summed E-state index contributed by atoms with van der Waals surface area (Å²) in [4.78, 5) is 17.1. The minimum absolute atomic E-state index is 0.0677. The minimum atomic E-state index is -4.71. The van der Waals surface area contributed by atoms with Crippen LogP contribution in [0.2, 0.25) is 0 Å². The maximum absolute atomic E-state index is 14.7. The number of carboxylic acid groups (broad SMARTS) is 1. The van der Waals surface area contributed by atoms with Crippen LogP contribution in [0.3, 0.4) is 0 Å². The van der Waals surface area contributed by atoms with E-state index >= 15 is 0 Å². The smallest absolute Gasteiger partial charge is 0.417 e. The highest BCUT2D eigenvalue weighted by Gasteiger charge is 2.68. The number of sulfonamides is 2. The SMILES string of the molecule is O=C(O)C1(S(=O)(=O)N2CCCCCC2)CCC2C1=CC=CC2(c1ccc(C(F)(F)F)cn1)S(=O)(=O)N1CCCCCC1. The van der Waals surface area contributed by atoms with Gasteiger partial charge in [0.1, 0.15) is 0 Å². The molecule has 42 heavy (non-hydrogen) atoms. The Labute approximate surface area is 244 Å². The van der Waals surface area contributed by atoms with Crippen molar-refractivity contribution in [3.63, 3.8) is 0 Å². The third-order valence-electron chi connectivity index (χ3n) is 9.28. The first-order chi connectivity index (χ1) is 19.8. The Morgan fingerprint density at radius 3 is 1.90 bits per heavy atom. The van der Waals surface area contributed by atoms with Crippen LogP contribution >= 0.6 is 0 Å². The summed E-state index contributed by atoms with van der Waals surface area (Å²) in [5, 5.41) is 10.6. The fourth-order valence-electron chi connectivity index (χ4n) is 7.11. The normalized spacial score (nSPS) is 30.3. The Kier molecular flexibility index (Phi) is 8.40. The first kappa shape index (κ1) is 31.1. The summed E-state index contributed by atoms with van der Waals surface area (Å²) < 4.78 is 96.2. The number of aromatic nitrogens is 1. The van der Waals surface area contributed by atoms with Crippen molar-refractivity contribution in [2.75, 3.05) is 26.2 Å². The summed E-state index contributed by atoms with van der Waals surface area (Å²) in [6.45, 7) is 0.729. The molecule has 0 spiro atoms. The molecular formula is C28H36F3N3O6S2. The van der Waals surface area contributed by atoms with E-state index in [-0.39, 0.29) is 50.3 Å². The fourth-order valence-corrected chi connectivity index (χ4v) is 11.8. The van der Waals surface area contributed by atoms with E-state index in [1.807, 2.05) is 0 Å². The van der Waals surface area contributed by atoms with Gasteiger partial charge in [-0.25, -0.2) is 25.4 Å². The molecule has 1 aromatic heterocycles. The number of nitrogens with zero attached hydrogens (tertiary/aromatic N) is 3. The summed E-state index contributed by atoms with van der Waals surface area (Å²) in [6, 6.07) is 1.79. The first-order valence-electron chi connectivity index (χ1n) is 14.5. The zero-order valence-corrected chi connectivity index (χ0v) is 24.9. The monoisotopic (exact) mass is 631 g/mol. The summed E-state index contributed by atoms with van der Waals surface area (Å²) in [7, 11) is -8.91. The summed E-state index contributed by atoms with van der Waals surface area (Å²) in [6.07, 6.45) is 5.07. The maximum Gasteiger partial charge on any atom is 0.417 e. The van der Waals surface area contributed by atoms with E-state index in [9.17, 15) is 39.9 Å². The second-order valence-corrected chi connectivity index (χ2v) is 15.9. The number of pyridine rings is 1. The topological polar surface area (TPSA) is 125 Å². The van der Waals surface area contributed by atoms with Crippen LogP contribution in [-0.4, -0.2) is 72.4 Å². The molecule has 1 saturated carbocycles. The lowest BCUT2D eigenvalue weighted by Gasteiger charge is -2.43. The van der Waals surface area contributed by atoms with Crippen LogP contribution in [-0.2, 0) is 35.8 Å². The number of fused-ring (bicyclic) bond motifs is 1. The molecule has 0 bridgehead atoms. The Morgan fingerprint density at radius 1 is 0.881 bits per heavy atom.